The molecule has 1 aromatic rings. The highest BCUT2D eigenvalue weighted by Crippen LogP contribution is 2.20. The van der Waals surface area contributed by atoms with Gasteiger partial charge in [0.1, 0.15) is 5.75 Å². The number of hydrogen-bond donors (Lipinski definition) is 1. The molecule has 0 radical (unpaired) electrons. The van der Waals surface area contributed by atoms with Crippen LogP contribution >= 0.6 is 0 Å². The lowest BCUT2D eigenvalue weighted by Gasteiger charge is -2.38. The Hall–Kier alpha value is -1.10. The molecule has 2 N–H and O–H groups in total. The summed E-state index contributed by atoms with van der Waals surface area (Å²) in [6, 6.07) is 8.19. The van der Waals surface area contributed by atoms with Gasteiger partial charge in [-0.2, -0.15) is 0 Å². The zero-order valence-corrected chi connectivity index (χ0v) is 13.2. The molecule has 1 aromatic carbocycles. The lowest BCUT2D eigenvalue weighted by Crippen LogP contribution is -2.52. The highest BCUT2D eigenvalue weighted by Gasteiger charge is 2.27. The summed E-state index contributed by atoms with van der Waals surface area (Å²) in [5.41, 5.74) is 7.21. The van der Waals surface area contributed by atoms with Gasteiger partial charge in [0, 0.05) is 25.2 Å². The number of rotatable bonds is 9. The van der Waals surface area contributed by atoms with E-state index < -0.39 is 0 Å². The molecule has 0 aromatic heterocycles. The minimum Gasteiger partial charge on any atom is -0.497 e. The molecular formula is C16H28N2O2. The molecule has 0 aliphatic rings. The van der Waals surface area contributed by atoms with Crippen molar-refractivity contribution in [3.63, 3.8) is 0 Å². The van der Waals surface area contributed by atoms with E-state index in [0.29, 0.717) is 6.54 Å². The molecule has 0 aliphatic heterocycles. The molecule has 0 bridgehead atoms. The Balaban J connectivity index is 2.66. The number of hydrogen-bond acceptors (Lipinski definition) is 4. The summed E-state index contributed by atoms with van der Waals surface area (Å²) in [5.74, 6) is 0.882. The molecule has 1 unspecified atom stereocenters. The third kappa shape index (κ3) is 4.78. The van der Waals surface area contributed by atoms with Gasteiger partial charge in [0.15, 0.2) is 0 Å². The Kier molecular flexibility index (Phi) is 6.99. The zero-order chi connectivity index (χ0) is 15.0. The van der Waals surface area contributed by atoms with Gasteiger partial charge in [0.05, 0.1) is 13.7 Å². The van der Waals surface area contributed by atoms with Crippen LogP contribution in [-0.4, -0.2) is 50.9 Å². The van der Waals surface area contributed by atoms with Crippen LogP contribution in [0.1, 0.15) is 19.4 Å². The molecule has 0 saturated carbocycles. The van der Waals surface area contributed by atoms with E-state index in [1.807, 2.05) is 19.1 Å². The maximum absolute atomic E-state index is 6.01. The molecule has 4 nitrogen and oxygen atoms in total. The quantitative estimate of drug-likeness (QED) is 0.702. The molecule has 1 atom stereocenters. The van der Waals surface area contributed by atoms with E-state index in [-0.39, 0.29) is 5.54 Å². The maximum Gasteiger partial charge on any atom is 0.118 e. The van der Waals surface area contributed by atoms with Crippen molar-refractivity contribution in [1.82, 2.24) is 4.90 Å². The van der Waals surface area contributed by atoms with Gasteiger partial charge >= 0.3 is 0 Å². The second kappa shape index (κ2) is 8.25. The first-order valence-electron chi connectivity index (χ1n) is 7.17. The van der Waals surface area contributed by atoms with E-state index in [4.69, 9.17) is 15.2 Å². The lowest BCUT2D eigenvalue weighted by atomic mass is 9.91. The molecule has 0 fully saturated rings. The standard InChI is InChI=1S/C16H28N2O2/c1-5-20-11-10-18(3)16(2,13-17)12-14-6-8-15(19-4)9-7-14/h6-9H,5,10-13,17H2,1-4H3. The second-order valence-electron chi connectivity index (χ2n) is 5.34. The van der Waals surface area contributed by atoms with E-state index in [9.17, 15) is 0 Å². The van der Waals surface area contributed by atoms with Crippen LogP contribution in [0.4, 0.5) is 0 Å². The van der Waals surface area contributed by atoms with E-state index >= 15 is 0 Å². The lowest BCUT2D eigenvalue weighted by molar-refractivity contribution is 0.0760. The highest BCUT2D eigenvalue weighted by atomic mass is 16.5. The van der Waals surface area contributed by atoms with Crippen molar-refractivity contribution in [2.24, 2.45) is 5.73 Å². The van der Waals surface area contributed by atoms with Gasteiger partial charge in [-0.3, -0.25) is 4.90 Å². The highest BCUT2D eigenvalue weighted by molar-refractivity contribution is 5.28. The van der Waals surface area contributed by atoms with Gasteiger partial charge in [0.25, 0.3) is 0 Å². The average Bonchev–Trinajstić information content (AvgIpc) is 2.48. The molecule has 0 aliphatic carbocycles. The summed E-state index contributed by atoms with van der Waals surface area (Å²) in [7, 11) is 3.79. The molecular weight excluding hydrogens is 252 g/mol. The molecule has 114 valence electrons. The predicted molar refractivity (Wildman–Crippen MR) is 83.3 cm³/mol. The van der Waals surface area contributed by atoms with Crippen molar-refractivity contribution < 1.29 is 9.47 Å². The number of nitrogens with zero attached hydrogens (tertiary/aromatic N) is 1. The Bertz CT molecular complexity index is 381. The minimum atomic E-state index is -0.0638. The van der Waals surface area contributed by atoms with E-state index in [1.54, 1.807) is 7.11 Å². The smallest absolute Gasteiger partial charge is 0.118 e. The number of benzene rings is 1. The second-order valence-corrected chi connectivity index (χ2v) is 5.34. The van der Waals surface area contributed by atoms with Crippen LogP contribution in [0.2, 0.25) is 0 Å². The van der Waals surface area contributed by atoms with Gasteiger partial charge in [-0.25, -0.2) is 0 Å². The molecule has 20 heavy (non-hydrogen) atoms. The number of likely N-dealkylation sites (N-methyl/N-ethyl adjacent to an activating group) is 1. The molecule has 0 amide bonds. The van der Waals surface area contributed by atoms with Crippen molar-refractivity contribution in [2.75, 3.05) is 40.5 Å². The fourth-order valence-electron chi connectivity index (χ4n) is 2.16. The van der Waals surface area contributed by atoms with Crippen LogP contribution in [0, 0.1) is 0 Å². The van der Waals surface area contributed by atoms with Crippen LogP contribution in [0.15, 0.2) is 24.3 Å². The maximum atomic E-state index is 6.01. The van der Waals surface area contributed by atoms with E-state index in [2.05, 4.69) is 31.0 Å². The van der Waals surface area contributed by atoms with E-state index in [0.717, 1.165) is 31.9 Å². The first-order valence-corrected chi connectivity index (χ1v) is 7.17. The van der Waals surface area contributed by atoms with Crippen molar-refractivity contribution in [3.05, 3.63) is 29.8 Å². The zero-order valence-electron chi connectivity index (χ0n) is 13.2. The Morgan fingerprint density at radius 2 is 1.90 bits per heavy atom. The summed E-state index contributed by atoms with van der Waals surface area (Å²) in [4.78, 5) is 2.28. The Morgan fingerprint density at radius 3 is 2.40 bits per heavy atom. The molecule has 1 rings (SSSR count). The monoisotopic (exact) mass is 280 g/mol. The fraction of sp³-hybridized carbons (Fsp3) is 0.625. The summed E-state index contributed by atoms with van der Waals surface area (Å²) < 4.78 is 10.6. The topological polar surface area (TPSA) is 47.7 Å². The largest absolute Gasteiger partial charge is 0.497 e. The predicted octanol–water partition coefficient (Wildman–Crippen LogP) is 1.92. The van der Waals surface area contributed by atoms with Crippen LogP contribution in [0.3, 0.4) is 0 Å². The number of nitrogens with two attached hydrogens (primary N) is 1. The van der Waals surface area contributed by atoms with Crippen LogP contribution < -0.4 is 10.5 Å². The first-order chi connectivity index (χ1) is 9.55. The fourth-order valence-corrected chi connectivity index (χ4v) is 2.16. The van der Waals surface area contributed by atoms with Crippen molar-refractivity contribution in [2.45, 2.75) is 25.8 Å². The Morgan fingerprint density at radius 1 is 1.25 bits per heavy atom. The van der Waals surface area contributed by atoms with Gasteiger partial charge < -0.3 is 15.2 Å². The normalized spacial score (nSPS) is 14.3. The van der Waals surface area contributed by atoms with Crippen LogP contribution in [0.25, 0.3) is 0 Å². The van der Waals surface area contributed by atoms with Crippen molar-refractivity contribution >= 4 is 0 Å². The number of methoxy groups -OCH3 is 1. The Labute approximate surface area is 122 Å². The third-order valence-electron chi connectivity index (χ3n) is 3.88. The summed E-state index contributed by atoms with van der Waals surface area (Å²) in [5, 5.41) is 0. The molecule has 0 saturated heterocycles. The van der Waals surface area contributed by atoms with Gasteiger partial charge in [-0.15, -0.1) is 0 Å². The molecule has 4 heteroatoms. The van der Waals surface area contributed by atoms with Crippen molar-refractivity contribution in [1.29, 1.82) is 0 Å². The van der Waals surface area contributed by atoms with Gasteiger partial charge in [0.2, 0.25) is 0 Å². The molecule has 0 heterocycles. The van der Waals surface area contributed by atoms with Gasteiger partial charge in [-0.1, -0.05) is 12.1 Å². The van der Waals surface area contributed by atoms with Gasteiger partial charge in [-0.05, 0) is 45.0 Å². The van der Waals surface area contributed by atoms with Crippen molar-refractivity contribution in [3.8, 4) is 5.75 Å². The number of ether oxygens (including phenoxy) is 2. The van der Waals surface area contributed by atoms with Crippen LogP contribution in [0.5, 0.6) is 5.75 Å². The summed E-state index contributed by atoms with van der Waals surface area (Å²) in [6.45, 7) is 7.21. The minimum absolute atomic E-state index is 0.0638. The molecule has 0 spiro atoms. The summed E-state index contributed by atoms with van der Waals surface area (Å²) >= 11 is 0. The average molecular weight is 280 g/mol. The first kappa shape index (κ1) is 17.0. The van der Waals surface area contributed by atoms with Crippen LogP contribution in [-0.2, 0) is 11.2 Å². The van der Waals surface area contributed by atoms with E-state index in [1.165, 1.54) is 5.56 Å². The SMILES string of the molecule is CCOCCN(C)C(C)(CN)Cc1ccc(OC)cc1. The summed E-state index contributed by atoms with van der Waals surface area (Å²) in [6.07, 6.45) is 0.913. The third-order valence-corrected chi connectivity index (χ3v) is 3.88.